The molecule has 0 amide bonds. The van der Waals surface area contributed by atoms with Crippen LogP contribution in [0.3, 0.4) is 0 Å². The fourth-order valence-corrected chi connectivity index (χ4v) is 0.250. The van der Waals surface area contributed by atoms with Crippen molar-refractivity contribution < 1.29 is 0 Å². The Morgan fingerprint density at radius 1 is 1.43 bits per heavy atom. The second-order valence-corrected chi connectivity index (χ2v) is 3.67. The molecule has 0 saturated heterocycles. The molecule has 0 unspecified atom stereocenters. The summed E-state index contributed by atoms with van der Waals surface area (Å²) in [4.78, 5) is 0. The van der Waals surface area contributed by atoms with Gasteiger partial charge in [-0.25, -0.2) is 0 Å². The molecule has 0 saturated carbocycles. The van der Waals surface area contributed by atoms with E-state index in [1.54, 1.807) is 0 Å². The number of alkyl halides is 1. The molecule has 41 valence electrons. The quantitative estimate of drug-likeness (QED) is 0.399. The summed E-state index contributed by atoms with van der Waals surface area (Å²) >= 11 is 5.82. The molecule has 0 rings (SSSR count). The van der Waals surface area contributed by atoms with Gasteiger partial charge in [0.25, 0.3) is 0 Å². The fourth-order valence-electron chi connectivity index (χ4n) is 0.250. The first-order valence-corrected chi connectivity index (χ1v) is 3.44. The minimum atomic E-state index is -0.139. The normalized spacial score (nSPS) is 12.0. The predicted molar refractivity (Wildman–Crippen MR) is 34.9 cm³/mol. The van der Waals surface area contributed by atoms with Gasteiger partial charge < -0.3 is 0 Å². The second-order valence-electron chi connectivity index (χ2n) is 1.67. The van der Waals surface area contributed by atoms with Gasteiger partial charge in [-0.3, -0.25) is 0 Å². The first kappa shape index (κ1) is 7.51. The maximum Gasteiger partial charge on any atom is 0.0534 e. The Morgan fingerprint density at radius 3 is 1.71 bits per heavy atom. The zero-order valence-electron chi connectivity index (χ0n) is 4.79. The molecule has 0 bridgehead atoms. The lowest BCUT2D eigenvalue weighted by Crippen LogP contribution is -2.17. The third kappa shape index (κ3) is 3.12. The standard InChI is InChI=1S/C5H10ClSi/c1-3-5(6,7)4-2/h3-4H2,1-2H3. The molecule has 0 atom stereocenters. The van der Waals surface area contributed by atoms with Crippen molar-refractivity contribution in [1.29, 1.82) is 0 Å². The Balaban J connectivity index is 3.36. The summed E-state index contributed by atoms with van der Waals surface area (Å²) in [5, 5.41) is 0. The monoisotopic (exact) mass is 133 g/mol. The lowest BCUT2D eigenvalue weighted by molar-refractivity contribution is 0.714. The second kappa shape index (κ2) is 2.73. The summed E-state index contributed by atoms with van der Waals surface area (Å²) in [6, 6.07) is 0. The van der Waals surface area contributed by atoms with Crippen molar-refractivity contribution in [2.75, 3.05) is 0 Å². The zero-order valence-corrected chi connectivity index (χ0v) is 6.55. The molecule has 0 aromatic rings. The SMILES string of the molecule is CCC([Si])(Cl)CC. The number of rotatable bonds is 2. The lowest BCUT2D eigenvalue weighted by Gasteiger charge is -2.15. The van der Waals surface area contributed by atoms with Gasteiger partial charge in [-0.2, -0.15) is 0 Å². The minimum absolute atomic E-state index is 0.139. The van der Waals surface area contributed by atoms with Crippen LogP contribution >= 0.6 is 11.6 Å². The van der Waals surface area contributed by atoms with Gasteiger partial charge in [-0.1, -0.05) is 13.8 Å². The first-order chi connectivity index (χ1) is 3.12. The molecule has 0 fully saturated rings. The van der Waals surface area contributed by atoms with Crippen LogP contribution in [0.2, 0.25) is 0 Å². The Kier molecular flexibility index (Phi) is 2.92. The molecule has 0 aliphatic rings. The highest BCUT2D eigenvalue weighted by Crippen LogP contribution is 2.17. The Morgan fingerprint density at radius 2 is 1.71 bits per heavy atom. The summed E-state index contributed by atoms with van der Waals surface area (Å²) in [5.41, 5.74) is 0. The van der Waals surface area contributed by atoms with Crippen molar-refractivity contribution in [3.05, 3.63) is 0 Å². The first-order valence-electron chi connectivity index (χ1n) is 2.56. The van der Waals surface area contributed by atoms with Crippen molar-refractivity contribution >= 4 is 21.8 Å². The molecule has 0 aliphatic carbocycles. The van der Waals surface area contributed by atoms with Crippen molar-refractivity contribution in [2.45, 2.75) is 31.2 Å². The third-order valence-electron chi connectivity index (χ3n) is 1.12. The van der Waals surface area contributed by atoms with E-state index in [9.17, 15) is 0 Å². The van der Waals surface area contributed by atoms with Gasteiger partial charge in [0.15, 0.2) is 0 Å². The minimum Gasteiger partial charge on any atom is -0.124 e. The van der Waals surface area contributed by atoms with Crippen LogP contribution in [-0.2, 0) is 0 Å². The highest BCUT2D eigenvalue weighted by molar-refractivity contribution is 6.44. The van der Waals surface area contributed by atoms with Crippen molar-refractivity contribution in [2.24, 2.45) is 0 Å². The van der Waals surface area contributed by atoms with Crippen LogP contribution in [0.1, 0.15) is 26.7 Å². The summed E-state index contributed by atoms with van der Waals surface area (Å²) in [5.74, 6) is 0. The summed E-state index contributed by atoms with van der Waals surface area (Å²) in [6.07, 6.45) is 1.95. The van der Waals surface area contributed by atoms with E-state index in [0.717, 1.165) is 12.8 Å². The van der Waals surface area contributed by atoms with Crippen LogP contribution in [0.25, 0.3) is 0 Å². The van der Waals surface area contributed by atoms with Gasteiger partial charge in [-0.15, -0.1) is 11.6 Å². The predicted octanol–water partition coefficient (Wildman–Crippen LogP) is 1.91. The van der Waals surface area contributed by atoms with E-state index >= 15 is 0 Å². The lowest BCUT2D eigenvalue weighted by atomic mass is 10.2. The topological polar surface area (TPSA) is 0 Å². The number of hydrogen-bond donors (Lipinski definition) is 0. The van der Waals surface area contributed by atoms with Crippen LogP contribution in [-0.4, -0.2) is 14.7 Å². The van der Waals surface area contributed by atoms with Gasteiger partial charge in [-0.05, 0) is 12.8 Å². The molecule has 0 aromatic heterocycles. The smallest absolute Gasteiger partial charge is 0.0534 e. The molecular formula is C5H10ClSi. The number of hydrogen-bond acceptors (Lipinski definition) is 0. The van der Waals surface area contributed by atoms with Crippen LogP contribution < -0.4 is 0 Å². The van der Waals surface area contributed by atoms with Gasteiger partial charge in [0.1, 0.15) is 0 Å². The van der Waals surface area contributed by atoms with E-state index in [0.29, 0.717) is 0 Å². The van der Waals surface area contributed by atoms with Crippen molar-refractivity contribution in [1.82, 2.24) is 0 Å². The van der Waals surface area contributed by atoms with Gasteiger partial charge in [0.05, 0.1) is 10.2 Å². The van der Waals surface area contributed by atoms with Crippen LogP contribution in [0.15, 0.2) is 0 Å². The van der Waals surface area contributed by atoms with Gasteiger partial charge >= 0.3 is 0 Å². The largest absolute Gasteiger partial charge is 0.124 e. The summed E-state index contributed by atoms with van der Waals surface area (Å²) < 4.78 is -0.139. The van der Waals surface area contributed by atoms with Crippen LogP contribution in [0.5, 0.6) is 0 Å². The number of halogens is 1. The van der Waals surface area contributed by atoms with Crippen molar-refractivity contribution in [3.8, 4) is 0 Å². The zero-order chi connectivity index (χ0) is 5.91. The third-order valence-corrected chi connectivity index (χ3v) is 2.36. The van der Waals surface area contributed by atoms with Crippen molar-refractivity contribution in [3.63, 3.8) is 0 Å². The van der Waals surface area contributed by atoms with E-state index in [2.05, 4.69) is 24.1 Å². The molecule has 7 heavy (non-hydrogen) atoms. The maximum absolute atomic E-state index is 5.82. The average molecular weight is 134 g/mol. The molecule has 0 nitrogen and oxygen atoms in total. The van der Waals surface area contributed by atoms with E-state index in [-0.39, 0.29) is 4.50 Å². The summed E-state index contributed by atoms with van der Waals surface area (Å²) in [7, 11) is 3.39. The van der Waals surface area contributed by atoms with E-state index in [1.807, 2.05) is 0 Å². The Bertz CT molecular complexity index is 46.0. The molecule has 3 radical (unpaired) electrons. The van der Waals surface area contributed by atoms with E-state index in [4.69, 9.17) is 11.6 Å². The highest BCUT2D eigenvalue weighted by atomic mass is 35.5. The summed E-state index contributed by atoms with van der Waals surface area (Å²) in [6.45, 7) is 4.12. The highest BCUT2D eigenvalue weighted by Gasteiger charge is 2.13. The van der Waals surface area contributed by atoms with E-state index in [1.165, 1.54) is 0 Å². The Labute approximate surface area is 53.7 Å². The van der Waals surface area contributed by atoms with Gasteiger partial charge in [0, 0.05) is 4.50 Å². The van der Waals surface area contributed by atoms with Crippen LogP contribution in [0.4, 0.5) is 0 Å². The van der Waals surface area contributed by atoms with Gasteiger partial charge in [0.2, 0.25) is 0 Å². The molecule has 0 aliphatic heterocycles. The van der Waals surface area contributed by atoms with E-state index < -0.39 is 0 Å². The fraction of sp³-hybridized carbons (Fsp3) is 1.00. The Hall–Kier alpha value is 0.507. The average Bonchev–Trinajstić information content (AvgIpc) is 1.68. The maximum atomic E-state index is 5.82. The molecule has 0 spiro atoms. The molecule has 0 N–H and O–H groups in total. The molecule has 0 heterocycles. The molecular weight excluding hydrogens is 124 g/mol. The molecule has 2 heteroatoms. The van der Waals surface area contributed by atoms with Crippen LogP contribution in [0, 0.1) is 0 Å². The molecule has 0 aromatic carbocycles.